The van der Waals surface area contributed by atoms with E-state index in [1.165, 1.54) is 17.2 Å². The highest BCUT2D eigenvalue weighted by Crippen LogP contribution is 2.40. The van der Waals surface area contributed by atoms with E-state index in [-0.39, 0.29) is 34.5 Å². The lowest BCUT2D eigenvalue weighted by atomic mass is 9.77. The predicted molar refractivity (Wildman–Crippen MR) is 115 cm³/mol. The van der Waals surface area contributed by atoms with Crippen molar-refractivity contribution in [2.45, 2.75) is 44.5 Å². The number of ether oxygens (including phenoxy) is 1. The van der Waals surface area contributed by atoms with Crippen LogP contribution in [0, 0.1) is 12.8 Å². The maximum Gasteiger partial charge on any atom is 0.417 e. The maximum atomic E-state index is 13.7. The molecule has 1 saturated carbocycles. The molecule has 34 heavy (non-hydrogen) atoms. The number of aromatic nitrogens is 5. The Bertz CT molecular complexity index is 1220. The van der Waals surface area contributed by atoms with Crippen molar-refractivity contribution in [3.63, 3.8) is 0 Å². The quantitative estimate of drug-likeness (QED) is 0.545. The second kappa shape index (κ2) is 8.53. The summed E-state index contributed by atoms with van der Waals surface area (Å²) in [7, 11) is 0. The molecule has 2 aliphatic heterocycles. The summed E-state index contributed by atoms with van der Waals surface area (Å²) in [5.41, 5.74) is 0.423. The van der Waals surface area contributed by atoms with Crippen molar-refractivity contribution in [3.8, 4) is 11.6 Å². The van der Waals surface area contributed by atoms with E-state index in [4.69, 9.17) is 16.3 Å². The van der Waals surface area contributed by atoms with Gasteiger partial charge in [0, 0.05) is 18.4 Å². The molecule has 0 aromatic carbocycles. The molecule has 0 unspecified atom stereocenters. The van der Waals surface area contributed by atoms with Crippen molar-refractivity contribution in [1.82, 2.24) is 29.9 Å². The number of amides is 1. The average Bonchev–Trinajstić information content (AvgIpc) is 3.34. The smallest absolute Gasteiger partial charge is 0.417 e. The molecule has 2 bridgehead atoms. The van der Waals surface area contributed by atoms with Crippen molar-refractivity contribution in [2.24, 2.45) is 5.92 Å². The number of rotatable bonds is 4. The Morgan fingerprint density at radius 3 is 2.65 bits per heavy atom. The first-order chi connectivity index (χ1) is 16.2. The first-order valence-electron chi connectivity index (χ1n) is 10.8. The molecule has 5 heterocycles. The van der Waals surface area contributed by atoms with Crippen LogP contribution in [0.3, 0.4) is 0 Å². The SMILES string of the molecule is Cc1ccc(-n2nccn2)c(C(=O)N2C[C@@H]3CC[C@H]2[C@H](Oc2ncc(C(F)(F)F)cc2Cl)C3)n1. The molecular formula is C22H20ClF3N6O2. The number of halogens is 4. The van der Waals surface area contributed by atoms with Gasteiger partial charge in [-0.2, -0.15) is 23.4 Å². The Labute approximate surface area is 197 Å². The van der Waals surface area contributed by atoms with Crippen LogP contribution in [0.1, 0.15) is 41.0 Å². The van der Waals surface area contributed by atoms with Crippen LogP contribution >= 0.6 is 11.6 Å². The maximum absolute atomic E-state index is 13.7. The van der Waals surface area contributed by atoms with Gasteiger partial charge in [0.05, 0.1) is 24.0 Å². The average molecular weight is 493 g/mol. The number of aryl methyl sites for hydroxylation is 1. The van der Waals surface area contributed by atoms with Crippen LogP contribution in [0.5, 0.6) is 5.88 Å². The van der Waals surface area contributed by atoms with Crippen molar-refractivity contribution >= 4 is 17.5 Å². The molecule has 6 rings (SSSR count). The van der Waals surface area contributed by atoms with Crippen LogP contribution in [0.2, 0.25) is 5.02 Å². The Morgan fingerprint density at radius 1 is 1.21 bits per heavy atom. The summed E-state index contributed by atoms with van der Waals surface area (Å²) >= 11 is 6.05. The molecule has 1 aliphatic carbocycles. The second-order valence-electron chi connectivity index (χ2n) is 8.51. The van der Waals surface area contributed by atoms with E-state index in [0.717, 1.165) is 12.5 Å². The Kier molecular flexibility index (Phi) is 5.67. The summed E-state index contributed by atoms with van der Waals surface area (Å²) in [6.45, 7) is 2.34. The summed E-state index contributed by atoms with van der Waals surface area (Å²) in [5.74, 6) is -0.163. The van der Waals surface area contributed by atoms with E-state index in [9.17, 15) is 18.0 Å². The number of pyridine rings is 2. The molecule has 0 radical (unpaired) electrons. The van der Waals surface area contributed by atoms with Gasteiger partial charge < -0.3 is 9.64 Å². The lowest BCUT2D eigenvalue weighted by molar-refractivity contribution is -0.137. The van der Waals surface area contributed by atoms with E-state index in [1.807, 2.05) is 0 Å². The first-order valence-corrected chi connectivity index (χ1v) is 11.1. The number of hydrogen-bond donors (Lipinski definition) is 0. The van der Waals surface area contributed by atoms with E-state index in [2.05, 4.69) is 20.2 Å². The monoisotopic (exact) mass is 492 g/mol. The van der Waals surface area contributed by atoms with E-state index >= 15 is 0 Å². The van der Waals surface area contributed by atoms with Crippen LogP contribution < -0.4 is 4.74 Å². The number of carbonyl (C=O) groups is 1. The minimum atomic E-state index is -4.55. The van der Waals surface area contributed by atoms with Gasteiger partial charge in [-0.05, 0) is 50.3 Å². The summed E-state index contributed by atoms with van der Waals surface area (Å²) < 4.78 is 44.8. The Morgan fingerprint density at radius 2 is 1.97 bits per heavy atom. The number of hydrogen-bond acceptors (Lipinski definition) is 6. The Balaban J connectivity index is 1.42. The summed E-state index contributed by atoms with van der Waals surface area (Å²) in [6.07, 6.45) is 1.01. The van der Waals surface area contributed by atoms with Crippen LogP contribution in [-0.2, 0) is 6.18 Å². The van der Waals surface area contributed by atoms with Gasteiger partial charge in [-0.25, -0.2) is 9.97 Å². The number of piperidine rings is 2. The van der Waals surface area contributed by atoms with Crippen LogP contribution in [-0.4, -0.2) is 54.5 Å². The minimum absolute atomic E-state index is 0.0743. The molecule has 12 heteroatoms. The largest absolute Gasteiger partial charge is 0.471 e. The number of alkyl halides is 3. The fourth-order valence-electron chi connectivity index (χ4n) is 4.65. The van der Waals surface area contributed by atoms with Gasteiger partial charge in [0.2, 0.25) is 5.88 Å². The molecule has 2 saturated heterocycles. The summed E-state index contributed by atoms with van der Waals surface area (Å²) in [6, 6.07) is 4.03. The van der Waals surface area contributed by atoms with Crippen molar-refractivity contribution in [1.29, 1.82) is 0 Å². The van der Waals surface area contributed by atoms with E-state index in [1.54, 1.807) is 24.0 Å². The van der Waals surface area contributed by atoms with Gasteiger partial charge in [0.1, 0.15) is 16.8 Å². The lowest BCUT2D eigenvalue weighted by Gasteiger charge is -2.49. The second-order valence-corrected chi connectivity index (χ2v) is 8.92. The predicted octanol–water partition coefficient (Wildman–Crippen LogP) is 4.11. The third kappa shape index (κ3) is 4.20. The topological polar surface area (TPSA) is 86.0 Å². The molecule has 3 fully saturated rings. The van der Waals surface area contributed by atoms with Crippen molar-refractivity contribution in [3.05, 3.63) is 58.8 Å². The zero-order valence-corrected chi connectivity index (χ0v) is 18.8. The fourth-order valence-corrected chi connectivity index (χ4v) is 4.86. The normalized spacial score (nSPS) is 22.1. The van der Waals surface area contributed by atoms with Gasteiger partial charge in [-0.3, -0.25) is 4.79 Å². The number of carbonyl (C=O) groups excluding carboxylic acids is 1. The molecule has 178 valence electrons. The molecule has 3 atom stereocenters. The van der Waals surface area contributed by atoms with Crippen molar-refractivity contribution < 1.29 is 22.7 Å². The zero-order valence-electron chi connectivity index (χ0n) is 18.0. The van der Waals surface area contributed by atoms with E-state index < -0.39 is 17.8 Å². The molecule has 3 aromatic rings. The van der Waals surface area contributed by atoms with Crippen LogP contribution in [0.25, 0.3) is 5.69 Å². The van der Waals surface area contributed by atoms with Gasteiger partial charge in [-0.15, -0.1) is 4.80 Å². The van der Waals surface area contributed by atoms with Crippen LogP contribution in [0.15, 0.2) is 36.8 Å². The van der Waals surface area contributed by atoms with Crippen molar-refractivity contribution in [2.75, 3.05) is 6.54 Å². The third-order valence-corrected chi connectivity index (χ3v) is 6.50. The first kappa shape index (κ1) is 22.6. The molecule has 1 amide bonds. The number of nitrogens with zero attached hydrogens (tertiary/aromatic N) is 6. The van der Waals surface area contributed by atoms with Gasteiger partial charge in [0.25, 0.3) is 5.91 Å². The van der Waals surface area contributed by atoms with Gasteiger partial charge >= 0.3 is 6.18 Å². The summed E-state index contributed by atoms with van der Waals surface area (Å²) in [5, 5.41) is 8.03. The molecule has 0 spiro atoms. The molecular weight excluding hydrogens is 473 g/mol. The summed E-state index contributed by atoms with van der Waals surface area (Å²) in [4.78, 5) is 25.0. The van der Waals surface area contributed by atoms with E-state index in [0.29, 0.717) is 37.0 Å². The van der Waals surface area contributed by atoms with Gasteiger partial charge in [0.15, 0.2) is 5.69 Å². The van der Waals surface area contributed by atoms with Gasteiger partial charge in [-0.1, -0.05) is 11.6 Å². The third-order valence-electron chi connectivity index (χ3n) is 6.23. The highest BCUT2D eigenvalue weighted by molar-refractivity contribution is 6.31. The lowest BCUT2D eigenvalue weighted by Crippen LogP contribution is -2.59. The molecule has 3 aromatic heterocycles. The zero-order chi connectivity index (χ0) is 24.0. The fraction of sp³-hybridized carbons (Fsp3) is 0.409. The Hall–Kier alpha value is -3.21. The standard InChI is InChI=1S/C22H20ClF3N6O2/c1-12-2-4-17(32-28-6-7-29-32)19(30-12)21(33)31-11-13-3-5-16(31)18(8-13)34-20-15(23)9-14(10-27-20)22(24,25)26/h2,4,6-7,9-10,13,16,18H,3,5,8,11H2,1H3/t13-,16+,18-/m1/s1. The molecule has 8 nitrogen and oxygen atoms in total. The molecule has 3 aliphatic rings. The minimum Gasteiger partial charge on any atom is -0.471 e. The van der Waals surface area contributed by atoms with Crippen LogP contribution in [0.4, 0.5) is 13.2 Å². The highest BCUT2D eigenvalue weighted by Gasteiger charge is 2.45. The highest BCUT2D eigenvalue weighted by atomic mass is 35.5. The molecule has 0 N–H and O–H groups in total. The number of fused-ring (bicyclic) bond motifs is 3.